The molecule has 11 heteroatoms. The van der Waals surface area contributed by atoms with Crippen molar-refractivity contribution in [1.29, 1.82) is 0 Å². The molecule has 2 N–H and O–H groups in total. The molecular weight excluding hydrogens is 384 g/mol. The topological polar surface area (TPSA) is 124 Å². The van der Waals surface area contributed by atoms with E-state index in [1.165, 1.54) is 11.8 Å². The molecule has 0 saturated heterocycles. The molecule has 1 atom stereocenters. The summed E-state index contributed by atoms with van der Waals surface area (Å²) in [6.07, 6.45) is 0. The molecule has 0 fully saturated rings. The van der Waals surface area contributed by atoms with Crippen LogP contribution in [0.5, 0.6) is 0 Å². The number of tetrazole rings is 1. The van der Waals surface area contributed by atoms with E-state index in [0.717, 1.165) is 0 Å². The van der Waals surface area contributed by atoms with Crippen molar-refractivity contribution in [1.82, 2.24) is 30.8 Å². The second-order valence-corrected chi connectivity index (χ2v) is 7.32. The van der Waals surface area contributed by atoms with E-state index in [-0.39, 0.29) is 18.4 Å². The Hall–Kier alpha value is -2.82. The molecular formula is C17H22N6O4S. The molecule has 0 saturated carbocycles. The third-order valence-electron chi connectivity index (χ3n) is 3.99. The van der Waals surface area contributed by atoms with Gasteiger partial charge in [0.1, 0.15) is 17.6 Å². The number of nitrogens with one attached hydrogen (secondary N) is 2. The van der Waals surface area contributed by atoms with Crippen molar-refractivity contribution in [2.75, 3.05) is 12.4 Å². The number of carbonyl (C=O) groups excluding carboxylic acids is 2. The summed E-state index contributed by atoms with van der Waals surface area (Å²) in [4.78, 5) is 24.9. The number of urea groups is 1. The van der Waals surface area contributed by atoms with Crippen LogP contribution in [-0.2, 0) is 9.53 Å². The fraction of sp³-hybridized carbons (Fsp3) is 0.471. The molecule has 2 aromatic rings. The Morgan fingerprint density at radius 2 is 2.21 bits per heavy atom. The van der Waals surface area contributed by atoms with Crippen LogP contribution in [0.2, 0.25) is 0 Å². The van der Waals surface area contributed by atoms with Crippen molar-refractivity contribution in [2.45, 2.75) is 44.9 Å². The molecule has 28 heavy (non-hydrogen) atoms. The number of hydrogen-bond acceptors (Lipinski definition) is 8. The summed E-state index contributed by atoms with van der Waals surface area (Å²) < 4.78 is 12.5. The monoisotopic (exact) mass is 406 g/mol. The molecule has 1 aliphatic rings. The van der Waals surface area contributed by atoms with Gasteiger partial charge < -0.3 is 19.8 Å². The lowest BCUT2D eigenvalue weighted by Gasteiger charge is -2.27. The van der Waals surface area contributed by atoms with Crippen molar-refractivity contribution in [3.63, 3.8) is 0 Å². The molecule has 150 valence electrons. The van der Waals surface area contributed by atoms with Crippen LogP contribution < -0.4 is 10.6 Å². The van der Waals surface area contributed by atoms with Gasteiger partial charge in [0, 0.05) is 11.4 Å². The first-order valence-corrected chi connectivity index (χ1v) is 9.84. The molecule has 2 aromatic heterocycles. The van der Waals surface area contributed by atoms with Gasteiger partial charge in [0.2, 0.25) is 5.16 Å². The first-order valence-electron chi connectivity index (χ1n) is 8.85. The first kappa shape index (κ1) is 19.9. The number of carbonyl (C=O) groups is 2. The molecule has 0 aliphatic carbocycles. The van der Waals surface area contributed by atoms with Crippen LogP contribution in [0, 0.1) is 6.92 Å². The van der Waals surface area contributed by atoms with Gasteiger partial charge in [0.15, 0.2) is 0 Å². The minimum Gasteiger partial charge on any atom is -0.464 e. The summed E-state index contributed by atoms with van der Waals surface area (Å²) in [5, 5.41) is 17.7. The number of furan rings is 1. The van der Waals surface area contributed by atoms with Crippen LogP contribution >= 0.6 is 11.8 Å². The molecule has 0 spiro atoms. The van der Waals surface area contributed by atoms with Gasteiger partial charge in [-0.15, -0.1) is 5.10 Å². The lowest BCUT2D eigenvalue weighted by Crippen LogP contribution is -2.46. The van der Waals surface area contributed by atoms with Crippen LogP contribution in [0.15, 0.2) is 33.0 Å². The van der Waals surface area contributed by atoms with E-state index >= 15 is 0 Å². The van der Waals surface area contributed by atoms with Gasteiger partial charge in [-0.05, 0) is 50.3 Å². The van der Waals surface area contributed by atoms with E-state index in [2.05, 4.69) is 26.2 Å². The number of ether oxygens (including phenoxy) is 1. The zero-order valence-electron chi connectivity index (χ0n) is 16.1. The Bertz CT molecular complexity index is 903. The standard InChI is InChI=1S/C17H22N6O4S/c1-5-26-15(24)13-11(8-28-17-20-21-22-23(17)9(2)3)18-16(25)19-14(13)12-7-6-10(4)27-12/h6-7,9,14H,5,8H2,1-4H3,(H2,18,19,25)/t14-/m1/s1. The summed E-state index contributed by atoms with van der Waals surface area (Å²) in [6, 6.07) is 2.42. The fourth-order valence-corrected chi connectivity index (χ4v) is 3.72. The Morgan fingerprint density at radius 3 is 2.86 bits per heavy atom. The smallest absolute Gasteiger partial charge is 0.338 e. The normalized spacial score (nSPS) is 16.9. The van der Waals surface area contributed by atoms with E-state index in [0.29, 0.717) is 27.9 Å². The quantitative estimate of drug-likeness (QED) is 0.529. The van der Waals surface area contributed by atoms with Crippen LogP contribution in [-0.4, -0.2) is 44.6 Å². The molecule has 2 amide bonds. The summed E-state index contributed by atoms with van der Waals surface area (Å²) in [6.45, 7) is 7.66. The highest BCUT2D eigenvalue weighted by Gasteiger charge is 2.35. The average molecular weight is 406 g/mol. The zero-order chi connectivity index (χ0) is 20.3. The maximum absolute atomic E-state index is 12.7. The zero-order valence-corrected chi connectivity index (χ0v) is 16.9. The van der Waals surface area contributed by atoms with Gasteiger partial charge in [-0.3, -0.25) is 0 Å². The predicted molar refractivity (Wildman–Crippen MR) is 100 cm³/mol. The van der Waals surface area contributed by atoms with Crippen molar-refractivity contribution in [2.24, 2.45) is 0 Å². The molecule has 0 bridgehead atoms. The minimum atomic E-state index is -0.738. The van der Waals surface area contributed by atoms with E-state index in [4.69, 9.17) is 9.15 Å². The number of hydrogen-bond donors (Lipinski definition) is 2. The number of esters is 1. The molecule has 1 aliphatic heterocycles. The number of rotatable bonds is 7. The maximum atomic E-state index is 12.7. The van der Waals surface area contributed by atoms with Crippen molar-refractivity contribution in [3.8, 4) is 0 Å². The van der Waals surface area contributed by atoms with Crippen LogP contribution in [0.3, 0.4) is 0 Å². The third kappa shape index (κ3) is 4.19. The Kier molecular flexibility index (Phi) is 6.02. The van der Waals surface area contributed by atoms with Crippen LogP contribution in [0.1, 0.15) is 44.4 Å². The van der Waals surface area contributed by atoms with Crippen molar-refractivity contribution < 1.29 is 18.7 Å². The van der Waals surface area contributed by atoms with Gasteiger partial charge in [0.05, 0.1) is 18.2 Å². The van der Waals surface area contributed by atoms with E-state index in [1.54, 1.807) is 30.7 Å². The van der Waals surface area contributed by atoms with Gasteiger partial charge in [-0.2, -0.15) is 0 Å². The highest BCUT2D eigenvalue weighted by Crippen LogP contribution is 2.31. The van der Waals surface area contributed by atoms with E-state index in [1.807, 2.05) is 13.8 Å². The first-order chi connectivity index (χ1) is 13.4. The largest absolute Gasteiger partial charge is 0.464 e. The SMILES string of the molecule is CCOC(=O)C1=C(CSc2nnnn2C(C)C)NC(=O)N[C@@H]1c1ccc(C)o1. The maximum Gasteiger partial charge on any atom is 0.338 e. The summed E-state index contributed by atoms with van der Waals surface area (Å²) in [5.41, 5.74) is 0.733. The average Bonchev–Trinajstić information content (AvgIpc) is 3.28. The van der Waals surface area contributed by atoms with E-state index < -0.39 is 18.0 Å². The van der Waals surface area contributed by atoms with Gasteiger partial charge in [-0.25, -0.2) is 14.3 Å². The highest BCUT2D eigenvalue weighted by molar-refractivity contribution is 7.99. The van der Waals surface area contributed by atoms with Gasteiger partial charge >= 0.3 is 12.0 Å². The second-order valence-electron chi connectivity index (χ2n) is 6.38. The summed E-state index contributed by atoms with van der Waals surface area (Å²) in [7, 11) is 0. The Balaban J connectivity index is 1.95. The molecule has 3 rings (SSSR count). The number of thioether (sulfide) groups is 1. The Labute approximate surface area is 166 Å². The number of aryl methyl sites for hydroxylation is 1. The van der Waals surface area contributed by atoms with Gasteiger partial charge in [-0.1, -0.05) is 11.8 Å². The highest BCUT2D eigenvalue weighted by atomic mass is 32.2. The van der Waals surface area contributed by atoms with Crippen LogP contribution in [0.4, 0.5) is 4.79 Å². The number of nitrogens with zero attached hydrogens (tertiary/aromatic N) is 4. The molecule has 10 nitrogen and oxygen atoms in total. The summed E-state index contributed by atoms with van der Waals surface area (Å²) in [5.74, 6) is 0.904. The predicted octanol–water partition coefficient (Wildman–Crippen LogP) is 2.12. The lowest BCUT2D eigenvalue weighted by atomic mass is 10.0. The lowest BCUT2D eigenvalue weighted by molar-refractivity contribution is -0.139. The number of aromatic nitrogens is 4. The third-order valence-corrected chi connectivity index (χ3v) is 4.95. The molecule has 3 heterocycles. The second kappa shape index (κ2) is 8.46. The molecule has 0 radical (unpaired) electrons. The fourth-order valence-electron chi connectivity index (χ4n) is 2.74. The molecule has 0 unspecified atom stereocenters. The Morgan fingerprint density at radius 1 is 1.43 bits per heavy atom. The van der Waals surface area contributed by atoms with Crippen molar-refractivity contribution >= 4 is 23.8 Å². The van der Waals surface area contributed by atoms with Gasteiger partial charge in [0.25, 0.3) is 0 Å². The van der Waals surface area contributed by atoms with Crippen LogP contribution in [0.25, 0.3) is 0 Å². The summed E-state index contributed by atoms with van der Waals surface area (Å²) >= 11 is 1.32. The van der Waals surface area contributed by atoms with Crippen molar-refractivity contribution in [3.05, 3.63) is 34.9 Å². The molecule has 0 aromatic carbocycles. The number of amides is 2. The minimum absolute atomic E-state index is 0.0810. The van der Waals surface area contributed by atoms with E-state index in [9.17, 15) is 9.59 Å².